The van der Waals surface area contributed by atoms with Gasteiger partial charge in [0.05, 0.1) is 6.54 Å². The maximum absolute atomic E-state index is 12.1. The molecule has 1 amide bonds. The smallest absolute Gasteiger partial charge is 0.227 e. The fourth-order valence-electron chi connectivity index (χ4n) is 1.93. The molecular weight excluding hydrogens is 226 g/mol. The highest BCUT2D eigenvalue weighted by Gasteiger charge is 2.14. The van der Waals surface area contributed by atoms with Crippen LogP contribution in [-0.4, -0.2) is 19.1 Å². The summed E-state index contributed by atoms with van der Waals surface area (Å²) >= 11 is 0. The van der Waals surface area contributed by atoms with Gasteiger partial charge in [0.1, 0.15) is 6.61 Å². The molecule has 0 N–H and O–H groups in total. The maximum atomic E-state index is 12.1. The lowest BCUT2D eigenvalue weighted by Gasteiger charge is -2.21. The number of carbonyl (C=O) groups excluding carboxylic acids is 1. The second-order valence-electron chi connectivity index (χ2n) is 4.40. The number of amides is 1. The summed E-state index contributed by atoms with van der Waals surface area (Å²) in [6, 6.07) is 9.43. The first-order valence-electron chi connectivity index (χ1n) is 6.73. The van der Waals surface area contributed by atoms with Crippen LogP contribution in [0.2, 0.25) is 0 Å². The van der Waals surface area contributed by atoms with Gasteiger partial charge in [-0.2, -0.15) is 0 Å². The number of nitrogens with zero attached hydrogens (tertiary/aromatic N) is 1. The van der Waals surface area contributed by atoms with Crippen LogP contribution < -0.4 is 4.90 Å². The van der Waals surface area contributed by atoms with Crippen molar-refractivity contribution in [1.82, 2.24) is 0 Å². The van der Waals surface area contributed by atoms with Crippen molar-refractivity contribution >= 4 is 11.6 Å². The van der Waals surface area contributed by atoms with Gasteiger partial charge in [0.25, 0.3) is 0 Å². The van der Waals surface area contributed by atoms with E-state index in [4.69, 9.17) is 0 Å². The van der Waals surface area contributed by atoms with Gasteiger partial charge in [-0.25, -0.2) is 5.11 Å². The molecule has 0 aliphatic rings. The fraction of sp³-hybridized carbons (Fsp3) is 0.533. The lowest BCUT2D eigenvalue weighted by molar-refractivity contribution is -0.118. The zero-order chi connectivity index (χ0) is 13.2. The summed E-state index contributed by atoms with van der Waals surface area (Å²) in [4.78, 5) is 13.7. The largest absolute Gasteiger partial charge is 0.310 e. The van der Waals surface area contributed by atoms with Crippen molar-refractivity contribution in [2.75, 3.05) is 18.1 Å². The number of benzene rings is 1. The van der Waals surface area contributed by atoms with Crippen molar-refractivity contribution in [2.45, 2.75) is 39.0 Å². The van der Waals surface area contributed by atoms with Gasteiger partial charge < -0.3 is 4.90 Å². The summed E-state index contributed by atoms with van der Waals surface area (Å²) in [7, 11) is 0. The molecule has 0 bridgehead atoms. The average Bonchev–Trinajstić information content (AvgIpc) is 2.41. The van der Waals surface area contributed by atoms with Crippen molar-refractivity contribution in [3.63, 3.8) is 0 Å². The van der Waals surface area contributed by atoms with Crippen molar-refractivity contribution in [2.24, 2.45) is 0 Å². The van der Waals surface area contributed by atoms with E-state index >= 15 is 0 Å². The van der Waals surface area contributed by atoms with Crippen LogP contribution in [0.1, 0.15) is 39.0 Å². The Hall–Kier alpha value is -1.35. The topological polar surface area (TPSA) is 40.2 Å². The third kappa shape index (κ3) is 4.88. The van der Waals surface area contributed by atoms with E-state index in [1.807, 2.05) is 30.3 Å². The third-order valence-corrected chi connectivity index (χ3v) is 2.93. The van der Waals surface area contributed by atoms with E-state index < -0.39 is 0 Å². The molecule has 0 heterocycles. The van der Waals surface area contributed by atoms with Gasteiger partial charge in [0.15, 0.2) is 0 Å². The summed E-state index contributed by atoms with van der Waals surface area (Å²) in [6.45, 7) is 2.15. The summed E-state index contributed by atoms with van der Waals surface area (Å²) in [5.74, 6) is 0.0631. The molecule has 99 valence electrons. The van der Waals surface area contributed by atoms with Gasteiger partial charge in [0, 0.05) is 12.1 Å². The summed E-state index contributed by atoms with van der Waals surface area (Å²) in [6.07, 6.45) is 4.86. The first-order valence-corrected chi connectivity index (χ1v) is 6.73. The van der Waals surface area contributed by atoms with E-state index in [9.17, 15) is 9.90 Å². The lowest BCUT2D eigenvalue weighted by atomic mass is 10.1. The second kappa shape index (κ2) is 8.70. The van der Waals surface area contributed by atoms with Crippen LogP contribution in [0.3, 0.4) is 0 Å². The Morgan fingerprint density at radius 3 is 2.44 bits per heavy atom. The van der Waals surface area contributed by atoms with Gasteiger partial charge in [0.2, 0.25) is 5.91 Å². The first-order chi connectivity index (χ1) is 8.79. The molecule has 0 aliphatic heterocycles. The van der Waals surface area contributed by atoms with Gasteiger partial charge >= 0.3 is 0 Å². The van der Waals surface area contributed by atoms with Crippen LogP contribution in [0.15, 0.2) is 30.3 Å². The molecule has 0 aliphatic carbocycles. The molecule has 1 aromatic rings. The van der Waals surface area contributed by atoms with E-state index in [0.717, 1.165) is 24.9 Å². The number of unbranched alkanes of at least 4 members (excludes halogenated alkanes) is 3. The molecule has 1 radical (unpaired) electrons. The molecule has 0 fully saturated rings. The minimum Gasteiger partial charge on any atom is -0.310 e. The number of hydrogen-bond donors (Lipinski definition) is 0. The Kier molecular flexibility index (Phi) is 7.11. The summed E-state index contributed by atoms with van der Waals surface area (Å²) in [5.41, 5.74) is 0.828. The van der Waals surface area contributed by atoms with Crippen LogP contribution in [0, 0.1) is 0 Å². The average molecular weight is 248 g/mol. The molecule has 0 saturated carbocycles. The molecule has 1 aromatic carbocycles. The van der Waals surface area contributed by atoms with E-state index in [1.165, 1.54) is 6.42 Å². The highest BCUT2D eigenvalue weighted by molar-refractivity contribution is 5.93. The second-order valence-corrected chi connectivity index (χ2v) is 4.40. The zero-order valence-electron chi connectivity index (χ0n) is 11.1. The van der Waals surface area contributed by atoms with E-state index in [1.54, 1.807) is 4.90 Å². The van der Waals surface area contributed by atoms with Crippen LogP contribution in [0.5, 0.6) is 0 Å². The minimum atomic E-state index is -0.254. The quantitative estimate of drug-likeness (QED) is 0.650. The number of carbonyl (C=O) groups is 1. The van der Waals surface area contributed by atoms with Crippen molar-refractivity contribution < 1.29 is 9.90 Å². The van der Waals surface area contributed by atoms with Gasteiger partial charge in [-0.3, -0.25) is 4.79 Å². The SMILES string of the molecule is CCCCCCC(=O)N(CC[O])c1ccccc1. The number of para-hydroxylation sites is 1. The zero-order valence-corrected chi connectivity index (χ0v) is 11.1. The molecule has 18 heavy (non-hydrogen) atoms. The Morgan fingerprint density at radius 2 is 1.83 bits per heavy atom. The van der Waals surface area contributed by atoms with Gasteiger partial charge in [-0.1, -0.05) is 44.4 Å². The first kappa shape index (κ1) is 14.7. The molecule has 3 nitrogen and oxygen atoms in total. The summed E-state index contributed by atoms with van der Waals surface area (Å²) < 4.78 is 0. The number of hydrogen-bond acceptors (Lipinski definition) is 1. The normalized spacial score (nSPS) is 10.3. The molecule has 0 spiro atoms. The highest BCUT2D eigenvalue weighted by atomic mass is 16.3. The Balaban J connectivity index is 2.53. The van der Waals surface area contributed by atoms with Gasteiger partial charge in [-0.05, 0) is 18.6 Å². The predicted octanol–water partition coefficient (Wildman–Crippen LogP) is 3.42. The third-order valence-electron chi connectivity index (χ3n) is 2.93. The Labute approximate surface area is 109 Å². The van der Waals surface area contributed by atoms with E-state index in [2.05, 4.69) is 6.92 Å². The molecular formula is C15H22NO2. The van der Waals surface area contributed by atoms with E-state index in [0.29, 0.717) is 6.42 Å². The highest BCUT2D eigenvalue weighted by Crippen LogP contribution is 2.15. The molecule has 0 aromatic heterocycles. The molecule has 0 atom stereocenters. The minimum absolute atomic E-state index is 0.0631. The van der Waals surface area contributed by atoms with E-state index in [-0.39, 0.29) is 19.1 Å². The standard InChI is InChI=1S/C15H22NO2/c1-2-3-4-8-11-15(18)16(12-13-17)14-9-6-5-7-10-14/h5-7,9-10H,2-4,8,11-13H2,1H3. The molecule has 1 rings (SSSR count). The van der Waals surface area contributed by atoms with Gasteiger partial charge in [-0.15, -0.1) is 0 Å². The van der Waals surface area contributed by atoms with Crippen molar-refractivity contribution in [3.8, 4) is 0 Å². The Bertz CT molecular complexity index is 338. The molecule has 3 heteroatoms. The van der Waals surface area contributed by atoms with Crippen molar-refractivity contribution in [3.05, 3.63) is 30.3 Å². The fourth-order valence-corrected chi connectivity index (χ4v) is 1.93. The Morgan fingerprint density at radius 1 is 1.11 bits per heavy atom. The number of anilines is 1. The molecule has 0 unspecified atom stereocenters. The van der Waals surface area contributed by atoms with Crippen molar-refractivity contribution in [1.29, 1.82) is 0 Å². The monoisotopic (exact) mass is 248 g/mol. The summed E-state index contributed by atoms with van der Waals surface area (Å²) in [5, 5.41) is 10.8. The van der Waals surface area contributed by atoms with Crippen LogP contribution in [0.25, 0.3) is 0 Å². The van der Waals surface area contributed by atoms with Crippen LogP contribution >= 0.6 is 0 Å². The maximum Gasteiger partial charge on any atom is 0.227 e. The molecule has 0 saturated heterocycles. The van der Waals surface area contributed by atoms with Crippen LogP contribution in [0.4, 0.5) is 5.69 Å². The number of rotatable bonds is 8. The lowest BCUT2D eigenvalue weighted by Crippen LogP contribution is -2.33. The van der Waals surface area contributed by atoms with Crippen LogP contribution in [-0.2, 0) is 9.90 Å². The predicted molar refractivity (Wildman–Crippen MR) is 73.1 cm³/mol.